The Hall–Kier alpha value is -3.24. The minimum atomic E-state index is -0.0350. The van der Waals surface area contributed by atoms with Gasteiger partial charge in [-0.3, -0.25) is 0 Å². The minimum Gasteiger partial charge on any atom is -0.493 e. The van der Waals surface area contributed by atoms with Crippen molar-refractivity contribution in [3.8, 4) is 28.4 Å². The molecule has 0 saturated heterocycles. The molecule has 0 unspecified atom stereocenters. The molecule has 4 heteroatoms. The van der Waals surface area contributed by atoms with E-state index in [2.05, 4.69) is 24.3 Å². The fourth-order valence-electron chi connectivity index (χ4n) is 4.27. The first-order valence-corrected chi connectivity index (χ1v) is 9.22. The molecule has 0 atom stereocenters. The Bertz CT molecular complexity index is 1230. The normalized spacial score (nSPS) is 12.4. The van der Waals surface area contributed by atoms with Gasteiger partial charge in [0, 0.05) is 16.3 Å². The molecule has 0 amide bonds. The number of rotatable bonds is 4. The van der Waals surface area contributed by atoms with Crippen molar-refractivity contribution in [2.24, 2.45) is 0 Å². The van der Waals surface area contributed by atoms with Gasteiger partial charge in [0.25, 0.3) is 0 Å². The van der Waals surface area contributed by atoms with E-state index in [1.54, 1.807) is 14.2 Å². The molecule has 4 nitrogen and oxygen atoms in total. The zero-order valence-corrected chi connectivity index (χ0v) is 15.8. The minimum absolute atomic E-state index is 0.0350. The van der Waals surface area contributed by atoms with Crippen molar-refractivity contribution in [2.45, 2.75) is 13.2 Å². The van der Waals surface area contributed by atoms with Gasteiger partial charge in [-0.25, -0.2) is 0 Å². The predicted molar refractivity (Wildman–Crippen MR) is 110 cm³/mol. The second-order valence-corrected chi connectivity index (χ2v) is 6.90. The Morgan fingerprint density at radius 2 is 1.64 bits per heavy atom. The van der Waals surface area contributed by atoms with E-state index < -0.39 is 0 Å². The third-order valence-corrected chi connectivity index (χ3v) is 5.51. The average molecular weight is 372 g/mol. The van der Waals surface area contributed by atoms with Crippen LogP contribution in [0.25, 0.3) is 32.7 Å². The van der Waals surface area contributed by atoms with Crippen molar-refractivity contribution >= 4 is 21.5 Å². The van der Waals surface area contributed by atoms with Crippen LogP contribution >= 0.6 is 0 Å². The van der Waals surface area contributed by atoms with Gasteiger partial charge in [-0.1, -0.05) is 42.5 Å². The molecule has 0 radical (unpaired) electrons. The first-order valence-electron chi connectivity index (χ1n) is 9.22. The number of hydrogen-bond donors (Lipinski definition) is 1. The van der Waals surface area contributed by atoms with Crippen LogP contribution in [0.5, 0.6) is 17.2 Å². The maximum absolute atomic E-state index is 9.96. The average Bonchev–Trinajstić information content (AvgIpc) is 3.18. The van der Waals surface area contributed by atoms with Crippen LogP contribution in [0.1, 0.15) is 11.1 Å². The van der Waals surface area contributed by atoms with E-state index in [4.69, 9.17) is 14.2 Å². The highest BCUT2D eigenvalue weighted by Crippen LogP contribution is 2.49. The Balaban J connectivity index is 1.96. The summed E-state index contributed by atoms with van der Waals surface area (Å²) in [5.41, 5.74) is 4.18. The lowest BCUT2D eigenvalue weighted by molar-refractivity contribution is 0.282. The largest absolute Gasteiger partial charge is 0.493 e. The summed E-state index contributed by atoms with van der Waals surface area (Å²) in [5, 5.41) is 14.3. The summed E-state index contributed by atoms with van der Waals surface area (Å²) in [6.07, 6.45) is 0. The summed E-state index contributed by atoms with van der Waals surface area (Å²) >= 11 is 0. The number of fused-ring (bicyclic) bond motifs is 2. The van der Waals surface area contributed by atoms with Crippen molar-refractivity contribution in [3.63, 3.8) is 0 Å². The zero-order chi connectivity index (χ0) is 19.3. The van der Waals surface area contributed by atoms with Crippen LogP contribution in [0.4, 0.5) is 0 Å². The van der Waals surface area contributed by atoms with E-state index >= 15 is 0 Å². The quantitative estimate of drug-likeness (QED) is 0.509. The van der Waals surface area contributed by atoms with Crippen molar-refractivity contribution in [3.05, 3.63) is 65.7 Å². The molecule has 1 aliphatic heterocycles. The summed E-state index contributed by atoms with van der Waals surface area (Å²) in [4.78, 5) is 0. The van der Waals surface area contributed by atoms with E-state index in [1.807, 2.05) is 30.3 Å². The van der Waals surface area contributed by atoms with Gasteiger partial charge in [-0.05, 0) is 39.6 Å². The van der Waals surface area contributed by atoms with Crippen molar-refractivity contribution in [2.75, 3.05) is 14.2 Å². The molecule has 0 saturated carbocycles. The van der Waals surface area contributed by atoms with E-state index in [9.17, 15) is 5.11 Å². The van der Waals surface area contributed by atoms with Gasteiger partial charge >= 0.3 is 0 Å². The predicted octanol–water partition coefficient (Wildman–Crippen LogP) is 5.06. The molecule has 4 aromatic rings. The third-order valence-electron chi connectivity index (χ3n) is 5.51. The van der Waals surface area contributed by atoms with E-state index in [-0.39, 0.29) is 6.61 Å². The van der Waals surface area contributed by atoms with Gasteiger partial charge < -0.3 is 19.3 Å². The highest BCUT2D eigenvalue weighted by molar-refractivity contribution is 6.19. The molecule has 1 aliphatic rings. The molecule has 1 N–H and O–H groups in total. The van der Waals surface area contributed by atoms with E-state index in [0.29, 0.717) is 18.1 Å². The smallest absolute Gasteiger partial charge is 0.161 e. The lowest BCUT2D eigenvalue weighted by Crippen LogP contribution is -1.94. The summed E-state index contributed by atoms with van der Waals surface area (Å²) in [6.45, 7) is 0.518. The standard InChI is InChI=1S/C24H20O4/c1-26-19-10-9-14(11-20(19)27-2)21-17-7-3-5-15(12-25)22(17)24-23-16(13-28-24)6-4-8-18(21)23/h3-11,25H,12-13H2,1-2H3. The summed E-state index contributed by atoms with van der Waals surface area (Å²) in [7, 11) is 3.28. The van der Waals surface area contributed by atoms with Crippen molar-refractivity contribution in [1.29, 1.82) is 0 Å². The van der Waals surface area contributed by atoms with Crippen LogP contribution in [-0.2, 0) is 13.2 Å². The molecule has 0 aromatic heterocycles. The molecule has 140 valence electrons. The van der Waals surface area contributed by atoms with Crippen molar-refractivity contribution < 1.29 is 19.3 Å². The molecular weight excluding hydrogens is 352 g/mol. The second-order valence-electron chi connectivity index (χ2n) is 6.90. The molecule has 4 aromatic carbocycles. The molecule has 0 aliphatic carbocycles. The molecule has 5 rings (SSSR count). The van der Waals surface area contributed by atoms with Crippen molar-refractivity contribution in [1.82, 2.24) is 0 Å². The first-order chi connectivity index (χ1) is 13.8. The van der Waals surface area contributed by atoms with E-state index in [0.717, 1.165) is 44.0 Å². The van der Waals surface area contributed by atoms with Crippen LogP contribution in [0.2, 0.25) is 0 Å². The monoisotopic (exact) mass is 372 g/mol. The SMILES string of the molecule is COc1ccc(-c2c3cccc(CO)c3c3c4c(cccc24)CO3)cc1OC. The third kappa shape index (κ3) is 2.28. The lowest BCUT2D eigenvalue weighted by atomic mass is 9.88. The highest BCUT2D eigenvalue weighted by Gasteiger charge is 2.24. The lowest BCUT2D eigenvalue weighted by Gasteiger charge is -2.17. The molecule has 1 heterocycles. The first kappa shape index (κ1) is 16.9. The van der Waals surface area contributed by atoms with Gasteiger partial charge in [0.2, 0.25) is 0 Å². The van der Waals surface area contributed by atoms with Crippen LogP contribution < -0.4 is 14.2 Å². The number of methoxy groups -OCH3 is 2. The van der Waals surface area contributed by atoms with Gasteiger partial charge in [-0.15, -0.1) is 0 Å². The van der Waals surface area contributed by atoms with Gasteiger partial charge in [0.05, 0.1) is 20.8 Å². The topological polar surface area (TPSA) is 47.9 Å². The maximum atomic E-state index is 9.96. The van der Waals surface area contributed by atoms with Crippen LogP contribution in [-0.4, -0.2) is 19.3 Å². The number of aliphatic hydroxyl groups is 1. The van der Waals surface area contributed by atoms with Crippen LogP contribution in [0.15, 0.2) is 54.6 Å². The highest BCUT2D eigenvalue weighted by atomic mass is 16.5. The summed E-state index contributed by atoms with van der Waals surface area (Å²) in [5.74, 6) is 2.25. The van der Waals surface area contributed by atoms with Gasteiger partial charge in [0.1, 0.15) is 12.4 Å². The fraction of sp³-hybridized carbons (Fsp3) is 0.167. The van der Waals surface area contributed by atoms with Gasteiger partial charge in [0.15, 0.2) is 11.5 Å². The molecule has 0 fully saturated rings. The van der Waals surface area contributed by atoms with Crippen LogP contribution in [0, 0.1) is 0 Å². The fourth-order valence-corrected chi connectivity index (χ4v) is 4.27. The molecular formula is C24H20O4. The number of ether oxygens (including phenoxy) is 3. The molecule has 28 heavy (non-hydrogen) atoms. The number of benzene rings is 4. The van der Waals surface area contributed by atoms with Crippen LogP contribution in [0.3, 0.4) is 0 Å². The molecule has 0 bridgehead atoms. The Labute approximate surface area is 162 Å². The van der Waals surface area contributed by atoms with Gasteiger partial charge in [-0.2, -0.15) is 0 Å². The summed E-state index contributed by atoms with van der Waals surface area (Å²) in [6, 6.07) is 18.3. The van der Waals surface area contributed by atoms with E-state index in [1.165, 1.54) is 5.56 Å². The Kier molecular flexibility index (Phi) is 3.88. The number of hydrogen-bond acceptors (Lipinski definition) is 4. The molecule has 0 spiro atoms. The summed E-state index contributed by atoms with van der Waals surface area (Å²) < 4.78 is 17.0. The zero-order valence-electron chi connectivity index (χ0n) is 15.8. The Morgan fingerprint density at radius 3 is 2.39 bits per heavy atom. The Morgan fingerprint density at radius 1 is 0.893 bits per heavy atom. The second kappa shape index (κ2) is 6.43. The maximum Gasteiger partial charge on any atom is 0.161 e. The number of aliphatic hydroxyl groups excluding tert-OH is 1.